The summed E-state index contributed by atoms with van der Waals surface area (Å²) in [6.07, 6.45) is 0. The van der Waals surface area contributed by atoms with E-state index < -0.39 is 0 Å². The molecule has 0 saturated heterocycles. The Morgan fingerprint density at radius 3 is 0.896 bits per heavy atom. The lowest BCUT2D eigenvalue weighted by Crippen LogP contribution is -1.96. The standard InChI is InChI=1S/2C34H20N2O.C34H20N2S.C30H18N2O/c1-2-10-22(11-3-1)32-31-23-12-5-4-9-21(23)17-20-29(31)35-34(36-32)28-15-8-14-26-24(28)18-19-27-25-13-6-7-16-30(25)37-33(26)27;2*1-2-10-22(11-3-1)31-29-18-17-21-9-4-5-12-23(21)32(29)36-34(35-31)28-15-8-14-26-24(28)19-20-27-25-13-6-7-16-30(25)37-33(26)27;1-2-9-19(10-3-1)28-25-12-4-6-15-26(25)31-30(32-28)24-14-8-13-22-20(24)17-18-23-21-11-5-7-16-27(21)33-29(22)23/h3*1-20H;1-18H. The molecule has 0 saturated carbocycles. The van der Waals surface area contributed by atoms with Gasteiger partial charge in [0.15, 0.2) is 23.3 Å². The maximum atomic E-state index is 6.34. The summed E-state index contributed by atoms with van der Waals surface area (Å²) in [6.45, 7) is 0. The van der Waals surface area contributed by atoms with Gasteiger partial charge in [0.05, 0.1) is 44.8 Å². The van der Waals surface area contributed by atoms with E-state index in [1.807, 2.05) is 102 Å². The van der Waals surface area contributed by atoms with E-state index in [0.717, 1.165) is 231 Å². The predicted molar refractivity (Wildman–Crippen MR) is 599 cm³/mol. The fourth-order valence-corrected chi connectivity index (χ4v) is 22.6. The number of hydrogen-bond donors (Lipinski definition) is 0. The highest BCUT2D eigenvalue weighted by atomic mass is 32.1. The number of rotatable bonds is 8. The zero-order valence-corrected chi connectivity index (χ0v) is 78.1. The number of furan rings is 3. The molecule has 0 aliphatic carbocycles. The Morgan fingerprint density at radius 2 is 0.444 bits per heavy atom. The highest BCUT2D eigenvalue weighted by molar-refractivity contribution is 7.26. The summed E-state index contributed by atoms with van der Waals surface area (Å²) in [5, 5.41) is 29.5. The number of aromatic nitrogens is 8. The van der Waals surface area contributed by atoms with Gasteiger partial charge < -0.3 is 13.3 Å². The second-order valence-electron chi connectivity index (χ2n) is 36.4. The van der Waals surface area contributed by atoms with Gasteiger partial charge in [0.1, 0.15) is 33.5 Å². The van der Waals surface area contributed by atoms with E-state index in [1.165, 1.54) is 47.1 Å². The number of fused-ring (bicyclic) bond motifs is 30. The lowest BCUT2D eigenvalue weighted by Gasteiger charge is -2.13. The summed E-state index contributed by atoms with van der Waals surface area (Å²) in [6, 6.07) is 164. The highest BCUT2D eigenvalue weighted by Gasteiger charge is 2.25. The summed E-state index contributed by atoms with van der Waals surface area (Å²) < 4.78 is 21.6. The third-order valence-corrected chi connectivity index (χ3v) is 29.4. The summed E-state index contributed by atoms with van der Waals surface area (Å²) in [5.41, 5.74) is 21.4. The van der Waals surface area contributed by atoms with Gasteiger partial charge in [-0.1, -0.05) is 406 Å². The first-order valence-electron chi connectivity index (χ1n) is 48.3. The van der Waals surface area contributed by atoms with Crippen LogP contribution in [0.5, 0.6) is 0 Å². The van der Waals surface area contributed by atoms with E-state index in [2.05, 4.69) is 382 Å². The minimum atomic E-state index is 0.711. The average molecular weight is 1860 g/mol. The Labute approximate surface area is 827 Å². The second-order valence-corrected chi connectivity index (χ2v) is 37.4. The molecule has 670 valence electrons. The molecule has 8 heterocycles. The molecule has 11 nitrogen and oxygen atoms in total. The molecule has 0 aliphatic heterocycles. The Bertz CT molecular complexity index is 10300. The van der Waals surface area contributed by atoms with E-state index in [9.17, 15) is 0 Å². The molecule has 31 rings (SSSR count). The van der Waals surface area contributed by atoms with Gasteiger partial charge in [-0.25, -0.2) is 39.9 Å². The van der Waals surface area contributed by atoms with Crippen LogP contribution in [0.2, 0.25) is 0 Å². The molecule has 31 aromatic rings. The molecule has 0 fully saturated rings. The topological polar surface area (TPSA) is 143 Å². The zero-order chi connectivity index (χ0) is 94.8. The lowest BCUT2D eigenvalue weighted by atomic mass is 9.98. The van der Waals surface area contributed by atoms with Crippen molar-refractivity contribution in [3.63, 3.8) is 0 Å². The maximum absolute atomic E-state index is 6.34. The quantitative estimate of drug-likeness (QED) is 0.134. The van der Waals surface area contributed by atoms with Crippen molar-refractivity contribution in [2.75, 3.05) is 0 Å². The van der Waals surface area contributed by atoms with Crippen LogP contribution in [0.3, 0.4) is 0 Å². The van der Waals surface area contributed by atoms with Crippen molar-refractivity contribution in [1.29, 1.82) is 0 Å². The van der Waals surface area contributed by atoms with Crippen LogP contribution in [0.15, 0.2) is 486 Å². The number of thiophene rings is 1. The molecule has 0 N–H and O–H groups in total. The number of para-hydroxylation sites is 4. The Balaban J connectivity index is 0.0000000935. The van der Waals surface area contributed by atoms with Crippen molar-refractivity contribution >= 4 is 216 Å². The minimum absolute atomic E-state index is 0.711. The normalized spacial score (nSPS) is 11.8. The van der Waals surface area contributed by atoms with E-state index in [-0.39, 0.29) is 0 Å². The molecule has 0 amide bonds. The summed E-state index contributed by atoms with van der Waals surface area (Å²) >= 11 is 1.86. The van der Waals surface area contributed by atoms with Crippen LogP contribution >= 0.6 is 11.3 Å². The van der Waals surface area contributed by atoms with Crippen LogP contribution in [-0.4, -0.2) is 39.9 Å². The molecule has 12 heteroatoms. The van der Waals surface area contributed by atoms with Crippen molar-refractivity contribution in [1.82, 2.24) is 39.9 Å². The average Bonchev–Trinajstić information content (AvgIpc) is 1.72. The molecule has 0 atom stereocenters. The molecule has 0 spiro atoms. The first-order valence-corrected chi connectivity index (χ1v) is 49.1. The van der Waals surface area contributed by atoms with Gasteiger partial charge in [-0.05, 0) is 110 Å². The van der Waals surface area contributed by atoms with Crippen LogP contribution in [0.4, 0.5) is 0 Å². The molecule has 144 heavy (non-hydrogen) atoms. The molecule has 8 aromatic heterocycles. The number of benzene rings is 23. The molecular weight excluding hydrogens is 1780 g/mol. The van der Waals surface area contributed by atoms with E-state index in [4.69, 9.17) is 53.1 Å². The van der Waals surface area contributed by atoms with Crippen molar-refractivity contribution in [2.24, 2.45) is 0 Å². The van der Waals surface area contributed by atoms with Crippen molar-refractivity contribution in [2.45, 2.75) is 0 Å². The summed E-state index contributed by atoms with van der Waals surface area (Å²) in [7, 11) is 0. The first kappa shape index (κ1) is 83.1. The highest BCUT2D eigenvalue weighted by Crippen LogP contribution is 2.48. The minimum Gasteiger partial charge on any atom is -0.455 e. The van der Waals surface area contributed by atoms with Crippen molar-refractivity contribution in [3.05, 3.63) is 473 Å². The first-order chi connectivity index (χ1) is 71.4. The smallest absolute Gasteiger partial charge is 0.161 e. The van der Waals surface area contributed by atoms with Crippen molar-refractivity contribution in [3.8, 4) is 90.6 Å². The molecule has 0 unspecified atom stereocenters. The molecule has 23 aromatic carbocycles. The summed E-state index contributed by atoms with van der Waals surface area (Å²) in [4.78, 5) is 41.2. The maximum Gasteiger partial charge on any atom is 0.161 e. The van der Waals surface area contributed by atoms with Crippen molar-refractivity contribution < 1.29 is 13.3 Å². The Hall–Kier alpha value is -19.1. The van der Waals surface area contributed by atoms with Crippen LogP contribution < -0.4 is 0 Å². The number of nitrogens with zero attached hydrogens (tertiary/aromatic N) is 8. The van der Waals surface area contributed by atoms with Crippen LogP contribution in [0.1, 0.15) is 0 Å². The lowest BCUT2D eigenvalue weighted by molar-refractivity contribution is 0.672. The van der Waals surface area contributed by atoms with E-state index >= 15 is 0 Å². The van der Waals surface area contributed by atoms with Crippen LogP contribution in [0.25, 0.3) is 296 Å². The zero-order valence-electron chi connectivity index (χ0n) is 77.2. The molecule has 0 bridgehead atoms. The fourth-order valence-electron chi connectivity index (χ4n) is 21.4. The van der Waals surface area contributed by atoms with Crippen LogP contribution in [0, 0.1) is 0 Å². The molecular formula is C132H78N8O3S. The third kappa shape index (κ3) is 14.1. The van der Waals surface area contributed by atoms with Gasteiger partial charge in [0.2, 0.25) is 0 Å². The largest absolute Gasteiger partial charge is 0.455 e. The van der Waals surface area contributed by atoms with Gasteiger partial charge in [0.25, 0.3) is 0 Å². The third-order valence-electron chi connectivity index (χ3n) is 28.1. The van der Waals surface area contributed by atoms with Gasteiger partial charge >= 0.3 is 0 Å². The second kappa shape index (κ2) is 34.5. The fraction of sp³-hybridized carbons (Fsp3) is 0. The number of hydrogen-bond acceptors (Lipinski definition) is 12. The summed E-state index contributed by atoms with van der Waals surface area (Å²) in [5.74, 6) is 2.90. The predicted octanol–water partition coefficient (Wildman–Crippen LogP) is 36.0. The van der Waals surface area contributed by atoms with Gasteiger partial charge in [-0.2, -0.15) is 0 Å². The van der Waals surface area contributed by atoms with E-state index in [0.29, 0.717) is 17.5 Å². The Morgan fingerprint density at radius 1 is 0.160 bits per heavy atom. The molecule has 0 radical (unpaired) electrons. The monoisotopic (exact) mass is 1850 g/mol. The van der Waals surface area contributed by atoms with E-state index in [1.54, 1.807) is 0 Å². The van der Waals surface area contributed by atoms with Crippen LogP contribution in [-0.2, 0) is 0 Å². The SMILES string of the molecule is c1ccc(-c2nc(-c3cccc4c3ccc3c5ccccc5oc43)nc3c2ccc2ccccc23)cc1.c1ccc(-c2nc(-c3cccc4c3ccc3c5ccccc5oc43)nc3ccc4ccccc4c23)cc1.c1ccc(-c2nc(-c3cccc4c3ccc3c5ccccc5oc43)nc3ccccc23)cc1.c1ccc(-c2nc(-c3cccc4c3ccc3c5ccccc5sc43)nc3c2ccc2ccccc23)cc1. The molecule has 0 aliphatic rings. The van der Waals surface area contributed by atoms with Gasteiger partial charge in [0, 0.05) is 151 Å². The van der Waals surface area contributed by atoms with Gasteiger partial charge in [-0.3, -0.25) is 0 Å². The van der Waals surface area contributed by atoms with Gasteiger partial charge in [-0.15, -0.1) is 11.3 Å². The Kier molecular flexibility index (Phi) is 19.9.